The Bertz CT molecular complexity index is 3320. The lowest BCUT2D eigenvalue weighted by Crippen LogP contribution is -2.26. The second kappa shape index (κ2) is 29.6. The average Bonchev–Trinajstić information content (AvgIpc) is 4.31. The molecule has 0 saturated carbocycles. The number of aromatic amines is 6. The number of aromatic nitrogens is 8. The minimum Gasteiger partial charge on any atom is -0.497 e. The molecule has 1 fully saturated rings. The zero-order chi connectivity index (χ0) is 57.2. The molecule has 1 saturated heterocycles. The van der Waals surface area contributed by atoms with Gasteiger partial charge in [-0.1, -0.05) is 144 Å². The van der Waals surface area contributed by atoms with Crippen LogP contribution in [0.5, 0.6) is 5.75 Å². The molecule has 420 valence electrons. The first-order valence-electron chi connectivity index (χ1n) is 28.9. The van der Waals surface area contributed by atoms with E-state index in [4.69, 9.17) is 4.74 Å². The molecule has 0 unspecified atom stereocenters. The van der Waals surface area contributed by atoms with E-state index in [1.807, 2.05) is 36.5 Å². The fraction of sp³-hybridized carbons (Fsp3) is 0.391. The quantitative estimate of drug-likeness (QED) is 0.0904. The van der Waals surface area contributed by atoms with Crippen molar-refractivity contribution in [3.05, 3.63) is 186 Å². The van der Waals surface area contributed by atoms with Gasteiger partial charge in [-0.25, -0.2) is 9.97 Å². The van der Waals surface area contributed by atoms with Crippen LogP contribution in [0.1, 0.15) is 185 Å². The Labute approximate surface area is 472 Å². The van der Waals surface area contributed by atoms with Crippen molar-refractivity contribution in [2.75, 3.05) is 20.2 Å². The summed E-state index contributed by atoms with van der Waals surface area (Å²) in [6, 6.07) is 40.6. The summed E-state index contributed by atoms with van der Waals surface area (Å²) in [4.78, 5) is 30.4. The molecule has 10 heteroatoms. The third-order valence-corrected chi connectivity index (χ3v) is 14.4. The molecule has 7 heterocycles. The Morgan fingerprint density at radius 1 is 0.468 bits per heavy atom. The molecule has 5 aromatic carbocycles. The van der Waals surface area contributed by atoms with Crippen molar-refractivity contribution in [1.82, 2.24) is 44.8 Å². The van der Waals surface area contributed by atoms with Gasteiger partial charge in [0, 0.05) is 86.4 Å². The molecule has 0 atom stereocenters. The Balaban J connectivity index is 0.000000150. The first kappa shape index (κ1) is 60.9. The van der Waals surface area contributed by atoms with Gasteiger partial charge in [0.15, 0.2) is 0 Å². The third kappa shape index (κ3) is 17.3. The lowest BCUT2D eigenvalue weighted by molar-refractivity contribution is 0.276. The van der Waals surface area contributed by atoms with Crippen LogP contribution in [0.4, 0.5) is 0 Å². The minimum absolute atomic E-state index is 0.470. The van der Waals surface area contributed by atoms with E-state index >= 15 is 0 Å². The number of benzene rings is 5. The van der Waals surface area contributed by atoms with Gasteiger partial charge in [-0.2, -0.15) is 0 Å². The molecular weight excluding hydrogens is 971 g/mol. The number of hydrogen-bond donors (Lipinski definition) is 6. The number of fused-ring (bicyclic) bond motifs is 5. The summed E-state index contributed by atoms with van der Waals surface area (Å²) in [7, 11) is 1.70. The van der Waals surface area contributed by atoms with E-state index in [1.54, 1.807) is 13.4 Å². The highest BCUT2D eigenvalue weighted by Gasteiger charge is 2.14. The molecule has 0 spiro atoms. The number of H-pyrrole nitrogens is 6. The third-order valence-electron chi connectivity index (χ3n) is 14.4. The topological polar surface area (TPSA) is 133 Å². The Morgan fingerprint density at radius 3 is 1.53 bits per heavy atom. The van der Waals surface area contributed by atoms with Gasteiger partial charge in [0.25, 0.3) is 0 Å². The molecule has 79 heavy (non-hydrogen) atoms. The van der Waals surface area contributed by atoms with Crippen LogP contribution >= 0.6 is 0 Å². The Kier molecular flexibility index (Phi) is 22.8. The van der Waals surface area contributed by atoms with Crippen molar-refractivity contribution in [1.29, 1.82) is 0 Å². The van der Waals surface area contributed by atoms with Gasteiger partial charge >= 0.3 is 0 Å². The number of ether oxygens (including phenoxy) is 1. The molecule has 0 amide bonds. The second-order valence-corrected chi connectivity index (χ2v) is 23.0. The molecule has 10 nitrogen and oxygen atoms in total. The van der Waals surface area contributed by atoms with E-state index in [1.165, 1.54) is 103 Å². The van der Waals surface area contributed by atoms with Crippen LogP contribution < -0.4 is 4.74 Å². The number of para-hydroxylation sites is 4. The first-order valence-corrected chi connectivity index (χ1v) is 28.9. The molecule has 1 aliphatic heterocycles. The van der Waals surface area contributed by atoms with Gasteiger partial charge in [-0.05, 0) is 159 Å². The average molecular weight is 1060 g/mol. The van der Waals surface area contributed by atoms with Crippen LogP contribution in [-0.4, -0.2) is 71.0 Å². The van der Waals surface area contributed by atoms with Gasteiger partial charge in [0.2, 0.25) is 0 Å². The van der Waals surface area contributed by atoms with E-state index in [9.17, 15) is 0 Å². The molecule has 6 aromatic heterocycles. The van der Waals surface area contributed by atoms with E-state index in [-0.39, 0.29) is 0 Å². The van der Waals surface area contributed by atoms with Gasteiger partial charge < -0.3 is 39.5 Å². The maximum atomic E-state index is 5.21. The van der Waals surface area contributed by atoms with E-state index in [2.05, 4.69) is 252 Å². The first-order chi connectivity index (χ1) is 37.8. The summed E-state index contributed by atoms with van der Waals surface area (Å²) in [5.74, 6) is 5.33. The number of nitrogens with zero attached hydrogens (tertiary/aromatic N) is 3. The predicted molar refractivity (Wildman–Crippen MR) is 340 cm³/mol. The Morgan fingerprint density at radius 2 is 1.01 bits per heavy atom. The molecule has 11 aromatic rings. The van der Waals surface area contributed by atoms with Crippen molar-refractivity contribution < 1.29 is 4.74 Å². The normalized spacial score (nSPS) is 12.3. The van der Waals surface area contributed by atoms with Gasteiger partial charge in [-0.3, -0.25) is 0 Å². The van der Waals surface area contributed by atoms with Crippen LogP contribution in [0.25, 0.3) is 54.6 Å². The van der Waals surface area contributed by atoms with Crippen molar-refractivity contribution in [2.45, 2.75) is 158 Å². The molecule has 0 aliphatic carbocycles. The zero-order valence-corrected chi connectivity index (χ0v) is 50.5. The SMILES string of the molecule is CC(C)N1CCCC1.CC(C)c1c[nH]c2ccccc12.CC(C)c1cc2ccccc2[nH]1.CC(C)c1cnc[nH]1.CC(C)c1nc2ccccc2[nH]1.COc1ccc2[nH]cc(C(C)C)c2c1.Cc1ccc2c(C(C)C)c[nH]c2c1. The standard InChI is InChI=1S/C12H15NO.C12H15N.2C11H13N.C10H12N2.C7H15N.C6H10N2/c1-8(2)11-7-13-12-5-4-9(14-3)6-10(11)12;1-8(2)11-7-13-12-6-9(3)4-5-10(11)12;1-8(2)10-7-12-11-6-4-3-5-9(10)11;1-8(2)11-7-9-5-3-4-6-10(9)12-11;1-7(2)10-11-8-5-3-4-6-9(8)12-10;1-7(2)8-5-3-4-6-8;1-5(2)6-3-7-4-8-6/h4-8,13H,1-3H3;4-8,13H,1-3H3;2*3-8,12H,1-2H3;3-7H,1-2H3,(H,11,12);7H,3-6H2,1-2H3;3-5H,1-2H3,(H,7,8). The number of nitrogens with one attached hydrogen (secondary N) is 6. The number of aryl methyl sites for hydroxylation is 1. The lowest BCUT2D eigenvalue weighted by Gasteiger charge is -2.18. The number of methoxy groups -OCH3 is 1. The van der Waals surface area contributed by atoms with Crippen LogP contribution in [-0.2, 0) is 0 Å². The largest absolute Gasteiger partial charge is 0.497 e. The number of imidazole rings is 2. The molecule has 12 rings (SSSR count). The van der Waals surface area contributed by atoms with Crippen molar-refractivity contribution in [3.63, 3.8) is 0 Å². The summed E-state index contributed by atoms with van der Waals surface area (Å²) >= 11 is 0. The maximum absolute atomic E-state index is 5.21. The maximum Gasteiger partial charge on any atom is 0.119 e. The van der Waals surface area contributed by atoms with E-state index in [0.717, 1.165) is 28.6 Å². The predicted octanol–water partition coefficient (Wildman–Crippen LogP) is 19.2. The molecule has 6 N–H and O–H groups in total. The van der Waals surface area contributed by atoms with Crippen LogP contribution in [0, 0.1) is 6.92 Å². The number of hydrogen-bond acceptors (Lipinski definition) is 4. The van der Waals surface area contributed by atoms with Crippen molar-refractivity contribution >= 4 is 54.6 Å². The van der Waals surface area contributed by atoms with Gasteiger partial charge in [-0.15, -0.1) is 0 Å². The number of rotatable bonds is 8. The summed E-state index contributed by atoms with van der Waals surface area (Å²) in [6.07, 6.45) is 12.7. The summed E-state index contributed by atoms with van der Waals surface area (Å²) in [5.41, 5.74) is 15.1. The summed E-state index contributed by atoms with van der Waals surface area (Å²) < 4.78 is 5.21. The van der Waals surface area contributed by atoms with Crippen molar-refractivity contribution in [2.24, 2.45) is 0 Å². The molecule has 0 radical (unpaired) electrons. The second-order valence-electron chi connectivity index (χ2n) is 23.0. The fourth-order valence-electron chi connectivity index (χ4n) is 9.53. The highest BCUT2D eigenvalue weighted by molar-refractivity contribution is 5.86. The molecule has 0 bridgehead atoms. The summed E-state index contributed by atoms with van der Waals surface area (Å²) in [5, 5.41) is 5.29. The van der Waals surface area contributed by atoms with Gasteiger partial charge in [0.1, 0.15) is 11.6 Å². The number of likely N-dealkylation sites (tertiary alicyclic amines) is 1. The van der Waals surface area contributed by atoms with Crippen LogP contribution in [0.3, 0.4) is 0 Å². The monoisotopic (exact) mass is 1060 g/mol. The van der Waals surface area contributed by atoms with Crippen molar-refractivity contribution in [3.8, 4) is 5.75 Å². The van der Waals surface area contributed by atoms with Gasteiger partial charge in [0.05, 0.1) is 24.5 Å². The summed E-state index contributed by atoms with van der Waals surface area (Å²) in [6.45, 7) is 35.5. The van der Waals surface area contributed by atoms with Crippen LogP contribution in [0.15, 0.2) is 146 Å². The smallest absolute Gasteiger partial charge is 0.119 e. The highest BCUT2D eigenvalue weighted by atomic mass is 16.5. The van der Waals surface area contributed by atoms with E-state index < -0.39 is 0 Å². The molecule has 1 aliphatic rings. The fourth-order valence-corrected chi connectivity index (χ4v) is 9.53. The van der Waals surface area contributed by atoms with Crippen LogP contribution in [0.2, 0.25) is 0 Å². The minimum atomic E-state index is 0.470. The molecular formula is C69H93N9O. The Hall–Kier alpha value is -7.30. The zero-order valence-electron chi connectivity index (χ0n) is 50.5. The van der Waals surface area contributed by atoms with E-state index in [0.29, 0.717) is 35.5 Å². The highest BCUT2D eigenvalue weighted by Crippen LogP contribution is 2.29. The lowest BCUT2D eigenvalue weighted by atomic mass is 10.0.